The summed E-state index contributed by atoms with van der Waals surface area (Å²) in [6, 6.07) is 6.43. The van der Waals surface area contributed by atoms with Crippen LogP contribution in [0.5, 0.6) is 5.75 Å². The average molecular weight is 262 g/mol. The molecule has 2 aromatic rings. The van der Waals surface area contributed by atoms with Crippen molar-refractivity contribution >= 4 is 21.6 Å². The summed E-state index contributed by atoms with van der Waals surface area (Å²) in [6.07, 6.45) is 4.70. The van der Waals surface area contributed by atoms with Crippen LogP contribution >= 0.6 is 11.3 Å². The second-order valence-corrected chi connectivity index (χ2v) is 6.07. The standard InChI is InChI=1S/C14H18N2OS/c1-17-11-5-6-12-13(8-11)18-14(16-12)9-3-2-4-10(15)7-9/h5-6,8-10H,2-4,7,15H2,1H3. The van der Waals surface area contributed by atoms with E-state index in [4.69, 9.17) is 15.5 Å². The van der Waals surface area contributed by atoms with Crippen LogP contribution in [0.3, 0.4) is 0 Å². The highest BCUT2D eigenvalue weighted by Gasteiger charge is 2.23. The molecule has 18 heavy (non-hydrogen) atoms. The van der Waals surface area contributed by atoms with Crippen molar-refractivity contribution in [1.29, 1.82) is 0 Å². The highest BCUT2D eigenvalue weighted by molar-refractivity contribution is 7.18. The Morgan fingerprint density at radius 1 is 1.39 bits per heavy atom. The Hall–Kier alpha value is -1.13. The molecular weight excluding hydrogens is 244 g/mol. The Balaban J connectivity index is 1.92. The van der Waals surface area contributed by atoms with Crippen LogP contribution in [-0.4, -0.2) is 18.1 Å². The summed E-state index contributed by atoms with van der Waals surface area (Å²) in [7, 11) is 1.70. The number of nitrogens with two attached hydrogens (primary N) is 1. The number of fused-ring (bicyclic) bond motifs is 1. The van der Waals surface area contributed by atoms with E-state index in [1.54, 1.807) is 18.4 Å². The van der Waals surface area contributed by atoms with Gasteiger partial charge >= 0.3 is 0 Å². The third-order valence-corrected chi connectivity index (χ3v) is 4.86. The van der Waals surface area contributed by atoms with Gasteiger partial charge in [-0.1, -0.05) is 6.42 Å². The molecule has 1 fully saturated rings. The van der Waals surface area contributed by atoms with Crippen LogP contribution in [-0.2, 0) is 0 Å². The Kier molecular flexibility index (Phi) is 3.22. The van der Waals surface area contributed by atoms with Crippen LogP contribution in [0.25, 0.3) is 10.2 Å². The van der Waals surface area contributed by atoms with E-state index in [2.05, 4.69) is 6.07 Å². The zero-order valence-electron chi connectivity index (χ0n) is 10.6. The van der Waals surface area contributed by atoms with Crippen LogP contribution in [0, 0.1) is 0 Å². The number of hydrogen-bond acceptors (Lipinski definition) is 4. The lowest BCUT2D eigenvalue weighted by Gasteiger charge is -2.24. The fraction of sp³-hybridized carbons (Fsp3) is 0.500. The molecule has 1 saturated carbocycles. The molecular formula is C14H18N2OS. The molecule has 0 spiro atoms. The van der Waals surface area contributed by atoms with Gasteiger partial charge in [0.25, 0.3) is 0 Å². The van der Waals surface area contributed by atoms with Crippen molar-refractivity contribution in [3.8, 4) is 5.75 Å². The van der Waals surface area contributed by atoms with Crippen LogP contribution in [0.4, 0.5) is 0 Å². The Labute approximate surface area is 111 Å². The molecule has 1 aliphatic rings. The molecule has 0 bridgehead atoms. The van der Waals surface area contributed by atoms with Crippen LogP contribution in [0.15, 0.2) is 18.2 Å². The van der Waals surface area contributed by atoms with Gasteiger partial charge in [0, 0.05) is 12.0 Å². The third-order valence-electron chi connectivity index (χ3n) is 3.68. The highest BCUT2D eigenvalue weighted by Crippen LogP contribution is 2.37. The zero-order valence-corrected chi connectivity index (χ0v) is 11.4. The third kappa shape index (κ3) is 2.22. The Morgan fingerprint density at radius 2 is 2.28 bits per heavy atom. The van der Waals surface area contributed by atoms with Crippen LogP contribution in [0.1, 0.15) is 36.6 Å². The quantitative estimate of drug-likeness (QED) is 0.903. The molecule has 2 N–H and O–H groups in total. The molecule has 1 aromatic heterocycles. The van der Waals surface area contributed by atoms with Crippen molar-refractivity contribution in [2.45, 2.75) is 37.6 Å². The SMILES string of the molecule is COc1ccc2nc(C3CCCC(N)C3)sc2c1. The molecule has 0 aliphatic heterocycles. The topological polar surface area (TPSA) is 48.1 Å². The minimum atomic E-state index is 0.352. The lowest BCUT2D eigenvalue weighted by atomic mass is 9.87. The van der Waals surface area contributed by atoms with Gasteiger partial charge in [-0.3, -0.25) is 0 Å². The molecule has 1 heterocycles. The minimum Gasteiger partial charge on any atom is -0.497 e. The van der Waals surface area contributed by atoms with E-state index in [0.29, 0.717) is 12.0 Å². The predicted molar refractivity (Wildman–Crippen MR) is 75.4 cm³/mol. The van der Waals surface area contributed by atoms with Gasteiger partial charge in [0.2, 0.25) is 0 Å². The number of methoxy groups -OCH3 is 1. The first-order valence-corrected chi connectivity index (χ1v) is 7.28. The maximum atomic E-state index is 6.06. The second kappa shape index (κ2) is 4.86. The van der Waals surface area contributed by atoms with Crippen molar-refractivity contribution in [1.82, 2.24) is 4.98 Å². The maximum Gasteiger partial charge on any atom is 0.120 e. The van der Waals surface area contributed by atoms with Gasteiger partial charge in [0.05, 0.1) is 22.3 Å². The molecule has 0 saturated heterocycles. The molecule has 0 radical (unpaired) electrons. The summed E-state index contributed by atoms with van der Waals surface area (Å²) in [4.78, 5) is 4.75. The minimum absolute atomic E-state index is 0.352. The molecule has 96 valence electrons. The van der Waals surface area contributed by atoms with Gasteiger partial charge in [-0.05, 0) is 37.5 Å². The first-order valence-electron chi connectivity index (χ1n) is 6.46. The Bertz CT molecular complexity index is 552. The van der Waals surface area contributed by atoms with Gasteiger partial charge in [0.15, 0.2) is 0 Å². The Morgan fingerprint density at radius 3 is 3.06 bits per heavy atom. The monoisotopic (exact) mass is 262 g/mol. The molecule has 3 nitrogen and oxygen atoms in total. The van der Waals surface area contributed by atoms with Gasteiger partial charge in [0.1, 0.15) is 5.75 Å². The number of benzene rings is 1. The molecule has 0 amide bonds. The van der Waals surface area contributed by atoms with E-state index in [1.807, 2.05) is 12.1 Å². The zero-order chi connectivity index (χ0) is 12.5. The fourth-order valence-corrected chi connectivity index (χ4v) is 3.82. The summed E-state index contributed by atoms with van der Waals surface area (Å²) in [5.74, 6) is 1.45. The largest absolute Gasteiger partial charge is 0.497 e. The van der Waals surface area contributed by atoms with Gasteiger partial charge < -0.3 is 10.5 Å². The molecule has 1 aromatic carbocycles. The number of rotatable bonds is 2. The summed E-state index contributed by atoms with van der Waals surface area (Å²) in [6.45, 7) is 0. The lowest BCUT2D eigenvalue weighted by molar-refractivity contribution is 0.393. The van der Waals surface area contributed by atoms with Crippen LogP contribution in [0.2, 0.25) is 0 Å². The van der Waals surface area contributed by atoms with Crippen molar-refractivity contribution in [3.05, 3.63) is 23.2 Å². The highest BCUT2D eigenvalue weighted by atomic mass is 32.1. The number of aromatic nitrogens is 1. The summed E-state index contributed by atoms with van der Waals surface area (Å²) < 4.78 is 6.46. The molecule has 1 aliphatic carbocycles. The van der Waals surface area contributed by atoms with E-state index in [1.165, 1.54) is 22.5 Å². The predicted octanol–water partition coefficient (Wildman–Crippen LogP) is 3.29. The molecule has 4 heteroatoms. The van der Waals surface area contributed by atoms with E-state index in [-0.39, 0.29) is 0 Å². The summed E-state index contributed by atoms with van der Waals surface area (Å²) >= 11 is 1.79. The average Bonchev–Trinajstić information content (AvgIpc) is 2.81. The molecule has 3 rings (SSSR count). The number of hydrogen-bond donors (Lipinski definition) is 1. The van der Waals surface area contributed by atoms with E-state index in [0.717, 1.165) is 24.1 Å². The van der Waals surface area contributed by atoms with E-state index < -0.39 is 0 Å². The second-order valence-electron chi connectivity index (χ2n) is 5.01. The number of ether oxygens (including phenoxy) is 1. The molecule has 2 unspecified atom stereocenters. The van der Waals surface area contributed by atoms with E-state index in [9.17, 15) is 0 Å². The number of nitrogens with zero attached hydrogens (tertiary/aromatic N) is 1. The van der Waals surface area contributed by atoms with E-state index >= 15 is 0 Å². The van der Waals surface area contributed by atoms with Crippen molar-refractivity contribution in [2.24, 2.45) is 5.73 Å². The smallest absolute Gasteiger partial charge is 0.120 e. The maximum absolute atomic E-state index is 6.06. The first-order chi connectivity index (χ1) is 8.76. The van der Waals surface area contributed by atoms with Crippen molar-refractivity contribution < 1.29 is 4.74 Å². The first kappa shape index (κ1) is 11.9. The summed E-state index contributed by atoms with van der Waals surface area (Å²) in [5, 5.41) is 1.24. The number of thiazole rings is 1. The fourth-order valence-electron chi connectivity index (χ4n) is 2.68. The van der Waals surface area contributed by atoms with Crippen molar-refractivity contribution in [3.63, 3.8) is 0 Å². The van der Waals surface area contributed by atoms with Crippen molar-refractivity contribution in [2.75, 3.05) is 7.11 Å². The van der Waals surface area contributed by atoms with Gasteiger partial charge in [-0.25, -0.2) is 4.98 Å². The molecule has 2 atom stereocenters. The van der Waals surface area contributed by atoms with Gasteiger partial charge in [-0.2, -0.15) is 0 Å². The van der Waals surface area contributed by atoms with Gasteiger partial charge in [-0.15, -0.1) is 11.3 Å². The lowest BCUT2D eigenvalue weighted by Crippen LogP contribution is -2.26. The summed E-state index contributed by atoms with van der Waals surface area (Å²) in [5.41, 5.74) is 7.14. The van der Waals surface area contributed by atoms with Crippen LogP contribution < -0.4 is 10.5 Å². The normalized spacial score (nSPS) is 24.3.